The molecular weight excluding hydrogens is 240 g/mol. The molecule has 0 saturated carbocycles. The summed E-state index contributed by atoms with van der Waals surface area (Å²) in [5.74, 6) is -0.172. The van der Waals surface area contributed by atoms with Gasteiger partial charge in [0.2, 0.25) is 11.6 Å². The van der Waals surface area contributed by atoms with E-state index in [1.54, 1.807) is 10.7 Å². The third kappa shape index (κ3) is 2.34. The average molecular weight is 251 g/mol. The highest BCUT2D eigenvalue weighted by Crippen LogP contribution is 2.17. The molecule has 0 fully saturated rings. The molecule has 2 heterocycles. The van der Waals surface area contributed by atoms with Gasteiger partial charge in [0.15, 0.2) is 0 Å². The number of rotatable bonds is 4. The van der Waals surface area contributed by atoms with E-state index < -0.39 is 0 Å². The largest absolute Gasteiger partial charge is 0.283 e. The minimum atomic E-state index is -0.304. The lowest BCUT2D eigenvalue weighted by atomic mass is 10.2. The third-order valence-electron chi connectivity index (χ3n) is 2.21. The van der Waals surface area contributed by atoms with Crippen LogP contribution in [0, 0.1) is 0 Å². The van der Waals surface area contributed by atoms with Crippen molar-refractivity contribution in [1.82, 2.24) is 19.7 Å². The fourth-order valence-electron chi connectivity index (χ4n) is 1.49. The van der Waals surface area contributed by atoms with Crippen LogP contribution in [0.3, 0.4) is 0 Å². The lowest BCUT2D eigenvalue weighted by Gasteiger charge is -2.04. The first kappa shape index (κ1) is 11.7. The molecule has 0 bridgehead atoms. The van der Waals surface area contributed by atoms with Crippen molar-refractivity contribution in [1.29, 1.82) is 0 Å². The molecule has 17 heavy (non-hydrogen) atoms. The average Bonchev–Trinajstić information content (AvgIpc) is 2.71. The summed E-state index contributed by atoms with van der Waals surface area (Å²) in [6, 6.07) is 1.65. The first-order valence-electron chi connectivity index (χ1n) is 5.27. The van der Waals surface area contributed by atoms with E-state index in [2.05, 4.69) is 15.1 Å². The van der Waals surface area contributed by atoms with Gasteiger partial charge in [-0.05, 0) is 12.5 Å². The molecule has 0 amide bonds. The van der Waals surface area contributed by atoms with E-state index in [0.29, 0.717) is 17.3 Å². The van der Waals surface area contributed by atoms with E-state index in [-0.39, 0.29) is 11.6 Å². The SMILES string of the molecule is CCCn1ncc(Cl)c1C(=O)c1ncccn1. The van der Waals surface area contributed by atoms with Gasteiger partial charge in [-0.3, -0.25) is 9.48 Å². The molecule has 2 aromatic rings. The zero-order valence-corrected chi connectivity index (χ0v) is 10.1. The summed E-state index contributed by atoms with van der Waals surface area (Å²) in [5, 5.41) is 4.39. The molecule has 0 aliphatic carbocycles. The Hall–Kier alpha value is -1.75. The highest BCUT2D eigenvalue weighted by atomic mass is 35.5. The van der Waals surface area contributed by atoms with E-state index in [9.17, 15) is 4.79 Å². The molecule has 0 spiro atoms. The van der Waals surface area contributed by atoms with Crippen molar-refractivity contribution < 1.29 is 4.79 Å². The first-order valence-corrected chi connectivity index (χ1v) is 5.65. The zero-order chi connectivity index (χ0) is 12.3. The molecule has 0 aliphatic rings. The molecule has 0 saturated heterocycles. The van der Waals surface area contributed by atoms with Gasteiger partial charge in [0.05, 0.1) is 11.2 Å². The van der Waals surface area contributed by atoms with Crippen molar-refractivity contribution in [2.24, 2.45) is 0 Å². The Balaban J connectivity index is 2.40. The number of aryl methyl sites for hydroxylation is 1. The second-order valence-corrected chi connectivity index (χ2v) is 3.87. The van der Waals surface area contributed by atoms with Gasteiger partial charge < -0.3 is 0 Å². The number of nitrogens with zero attached hydrogens (tertiary/aromatic N) is 4. The Morgan fingerprint density at radius 2 is 2.12 bits per heavy atom. The smallest absolute Gasteiger partial charge is 0.249 e. The standard InChI is InChI=1S/C11H11ClN4O/c1-2-6-16-9(8(12)7-15-16)10(17)11-13-4-3-5-14-11/h3-5,7H,2,6H2,1H3. The number of carbonyl (C=O) groups is 1. The summed E-state index contributed by atoms with van der Waals surface area (Å²) in [6.45, 7) is 2.64. The van der Waals surface area contributed by atoms with Crippen molar-refractivity contribution >= 4 is 17.4 Å². The number of aromatic nitrogens is 4. The number of carbonyl (C=O) groups excluding carboxylic acids is 1. The predicted octanol–water partition coefficient (Wildman–Crippen LogP) is 1.97. The van der Waals surface area contributed by atoms with Crippen molar-refractivity contribution in [3.8, 4) is 0 Å². The molecule has 0 aromatic carbocycles. The Labute approximate surface area is 103 Å². The Kier molecular flexibility index (Phi) is 3.49. The van der Waals surface area contributed by atoms with E-state index >= 15 is 0 Å². The first-order chi connectivity index (χ1) is 8.24. The topological polar surface area (TPSA) is 60.7 Å². The molecule has 6 heteroatoms. The Morgan fingerprint density at radius 3 is 2.76 bits per heavy atom. The van der Waals surface area contributed by atoms with Crippen LogP contribution in [-0.2, 0) is 6.54 Å². The Bertz CT molecular complexity index is 524. The second-order valence-electron chi connectivity index (χ2n) is 3.47. The highest BCUT2D eigenvalue weighted by molar-refractivity contribution is 6.34. The van der Waals surface area contributed by atoms with Crippen molar-refractivity contribution in [2.45, 2.75) is 19.9 Å². The molecule has 2 rings (SSSR count). The quantitative estimate of drug-likeness (QED) is 0.779. The van der Waals surface area contributed by atoms with Gasteiger partial charge in [0, 0.05) is 18.9 Å². The van der Waals surface area contributed by atoms with Gasteiger partial charge in [-0.1, -0.05) is 18.5 Å². The van der Waals surface area contributed by atoms with Gasteiger partial charge in [0.25, 0.3) is 0 Å². The summed E-state index contributed by atoms with van der Waals surface area (Å²) < 4.78 is 1.58. The van der Waals surface area contributed by atoms with Crippen LogP contribution in [0.15, 0.2) is 24.7 Å². The van der Waals surface area contributed by atoms with Crippen LogP contribution in [0.5, 0.6) is 0 Å². The lowest BCUT2D eigenvalue weighted by molar-refractivity contribution is 0.101. The number of halogens is 1. The summed E-state index contributed by atoms with van der Waals surface area (Å²) in [7, 11) is 0. The molecule has 0 atom stereocenters. The van der Waals surface area contributed by atoms with Gasteiger partial charge in [0.1, 0.15) is 5.69 Å². The summed E-state index contributed by atoms with van der Waals surface area (Å²) >= 11 is 5.97. The van der Waals surface area contributed by atoms with E-state index in [0.717, 1.165) is 6.42 Å². The van der Waals surface area contributed by atoms with Crippen molar-refractivity contribution in [3.63, 3.8) is 0 Å². The third-order valence-corrected chi connectivity index (χ3v) is 2.49. The van der Waals surface area contributed by atoms with Crippen LogP contribution in [0.1, 0.15) is 29.7 Å². The van der Waals surface area contributed by atoms with Gasteiger partial charge in [-0.15, -0.1) is 0 Å². The van der Waals surface area contributed by atoms with Gasteiger partial charge >= 0.3 is 0 Å². The second kappa shape index (κ2) is 5.05. The fourth-order valence-corrected chi connectivity index (χ4v) is 1.72. The predicted molar refractivity (Wildman–Crippen MR) is 63.0 cm³/mol. The van der Waals surface area contributed by atoms with Crippen LogP contribution in [0.2, 0.25) is 5.02 Å². The fraction of sp³-hybridized carbons (Fsp3) is 0.273. The number of hydrogen-bond donors (Lipinski definition) is 0. The number of hydrogen-bond acceptors (Lipinski definition) is 4. The monoisotopic (exact) mass is 250 g/mol. The van der Waals surface area contributed by atoms with Crippen LogP contribution in [0.4, 0.5) is 0 Å². The summed E-state index contributed by atoms with van der Waals surface area (Å²) in [4.78, 5) is 20.0. The minimum absolute atomic E-state index is 0.132. The van der Waals surface area contributed by atoms with E-state index in [1.807, 2.05) is 6.92 Å². The van der Waals surface area contributed by atoms with E-state index in [1.165, 1.54) is 18.6 Å². The maximum absolute atomic E-state index is 12.2. The maximum Gasteiger partial charge on any atom is 0.249 e. The van der Waals surface area contributed by atoms with Crippen molar-refractivity contribution in [3.05, 3.63) is 41.2 Å². The molecular formula is C11H11ClN4O. The summed E-state index contributed by atoms with van der Waals surface area (Å²) in [5.41, 5.74) is 0.347. The Morgan fingerprint density at radius 1 is 1.41 bits per heavy atom. The molecule has 0 radical (unpaired) electrons. The molecule has 0 N–H and O–H groups in total. The molecule has 0 aliphatic heterocycles. The van der Waals surface area contributed by atoms with E-state index in [4.69, 9.17) is 11.6 Å². The zero-order valence-electron chi connectivity index (χ0n) is 9.30. The summed E-state index contributed by atoms with van der Waals surface area (Å²) in [6.07, 6.45) is 5.38. The highest BCUT2D eigenvalue weighted by Gasteiger charge is 2.20. The van der Waals surface area contributed by atoms with Gasteiger partial charge in [-0.25, -0.2) is 9.97 Å². The van der Waals surface area contributed by atoms with Crippen LogP contribution >= 0.6 is 11.6 Å². The van der Waals surface area contributed by atoms with Crippen LogP contribution in [-0.4, -0.2) is 25.5 Å². The normalized spacial score (nSPS) is 10.5. The van der Waals surface area contributed by atoms with Crippen LogP contribution in [0.25, 0.3) is 0 Å². The molecule has 5 nitrogen and oxygen atoms in total. The molecule has 0 unspecified atom stereocenters. The number of ketones is 1. The van der Waals surface area contributed by atoms with Gasteiger partial charge in [-0.2, -0.15) is 5.10 Å². The minimum Gasteiger partial charge on any atom is -0.283 e. The van der Waals surface area contributed by atoms with Crippen LogP contribution < -0.4 is 0 Å². The maximum atomic E-state index is 12.2. The molecule has 88 valence electrons. The lowest BCUT2D eigenvalue weighted by Crippen LogP contribution is -2.14. The molecule has 2 aromatic heterocycles. The van der Waals surface area contributed by atoms with Crippen molar-refractivity contribution in [2.75, 3.05) is 0 Å².